The fourth-order valence-electron chi connectivity index (χ4n) is 3.50. The second-order valence-corrected chi connectivity index (χ2v) is 6.19. The van der Waals surface area contributed by atoms with E-state index in [1.54, 1.807) is 12.1 Å². The van der Waals surface area contributed by atoms with Gasteiger partial charge < -0.3 is 10.2 Å². The highest BCUT2D eigenvalue weighted by atomic mass is 19.1. The lowest BCUT2D eigenvalue weighted by Gasteiger charge is -2.18. The van der Waals surface area contributed by atoms with Crippen molar-refractivity contribution in [2.75, 3.05) is 19.0 Å². The Morgan fingerprint density at radius 2 is 2.18 bits per heavy atom. The van der Waals surface area contributed by atoms with Gasteiger partial charge in [0, 0.05) is 39.3 Å². The highest BCUT2D eigenvalue weighted by Gasteiger charge is 2.25. The van der Waals surface area contributed by atoms with E-state index in [1.165, 1.54) is 5.56 Å². The summed E-state index contributed by atoms with van der Waals surface area (Å²) in [4.78, 5) is 2.08. The molecule has 1 aliphatic rings. The van der Waals surface area contributed by atoms with E-state index in [0.29, 0.717) is 0 Å². The number of nitrogens with zero attached hydrogens (tertiary/aromatic N) is 3. The number of benzene rings is 1. The van der Waals surface area contributed by atoms with Crippen LogP contribution in [0.1, 0.15) is 34.8 Å². The summed E-state index contributed by atoms with van der Waals surface area (Å²) in [5.41, 5.74) is 4.22. The molecule has 1 heterocycles. The standard InChI is InChI=1S/C17H23FN4/c1-11-14(17(21(2)3)22(4)20-11)10-19-16-9-8-12-13(16)6-5-7-15(12)18/h5-7,16,19H,8-10H2,1-4H3/t16-/m1/s1. The van der Waals surface area contributed by atoms with Crippen molar-refractivity contribution < 1.29 is 4.39 Å². The van der Waals surface area contributed by atoms with Gasteiger partial charge in [0.25, 0.3) is 0 Å². The predicted molar refractivity (Wildman–Crippen MR) is 86.6 cm³/mol. The maximum Gasteiger partial charge on any atom is 0.130 e. The molecule has 5 heteroatoms. The first-order chi connectivity index (χ1) is 10.5. The number of hydrogen-bond acceptors (Lipinski definition) is 3. The molecule has 118 valence electrons. The molecule has 0 spiro atoms. The summed E-state index contributed by atoms with van der Waals surface area (Å²) in [7, 11) is 6.02. The average molecular weight is 302 g/mol. The Labute approximate surface area is 130 Å². The Kier molecular flexibility index (Phi) is 3.91. The van der Waals surface area contributed by atoms with Crippen molar-refractivity contribution in [3.8, 4) is 0 Å². The monoisotopic (exact) mass is 302 g/mol. The molecule has 1 N–H and O–H groups in total. The zero-order valence-electron chi connectivity index (χ0n) is 13.7. The van der Waals surface area contributed by atoms with Gasteiger partial charge in [0.2, 0.25) is 0 Å². The van der Waals surface area contributed by atoms with Crippen LogP contribution < -0.4 is 10.2 Å². The third kappa shape index (κ3) is 2.50. The SMILES string of the molecule is Cc1nn(C)c(N(C)C)c1CN[C@@H]1CCc2c(F)cccc21. The Balaban J connectivity index is 1.80. The summed E-state index contributed by atoms with van der Waals surface area (Å²) in [6.45, 7) is 2.78. The largest absolute Gasteiger partial charge is 0.363 e. The lowest BCUT2D eigenvalue weighted by Crippen LogP contribution is -2.21. The van der Waals surface area contributed by atoms with Crippen LogP contribution >= 0.6 is 0 Å². The zero-order chi connectivity index (χ0) is 15.9. The van der Waals surface area contributed by atoms with Gasteiger partial charge in [0.05, 0.1) is 5.69 Å². The van der Waals surface area contributed by atoms with Gasteiger partial charge in [-0.1, -0.05) is 12.1 Å². The molecule has 0 radical (unpaired) electrons. The number of fused-ring (bicyclic) bond motifs is 1. The van der Waals surface area contributed by atoms with E-state index in [2.05, 4.69) is 15.3 Å². The van der Waals surface area contributed by atoms with Crippen molar-refractivity contribution >= 4 is 5.82 Å². The molecule has 0 unspecified atom stereocenters. The smallest absolute Gasteiger partial charge is 0.130 e. The molecule has 22 heavy (non-hydrogen) atoms. The number of hydrogen-bond donors (Lipinski definition) is 1. The van der Waals surface area contributed by atoms with E-state index in [-0.39, 0.29) is 11.9 Å². The molecule has 3 rings (SSSR count). The highest BCUT2D eigenvalue weighted by Crippen LogP contribution is 2.33. The van der Waals surface area contributed by atoms with Gasteiger partial charge in [-0.15, -0.1) is 0 Å². The first-order valence-electron chi connectivity index (χ1n) is 7.69. The minimum absolute atomic E-state index is 0.0756. The van der Waals surface area contributed by atoms with Crippen molar-refractivity contribution in [3.05, 3.63) is 46.4 Å². The molecular formula is C17H23FN4. The van der Waals surface area contributed by atoms with E-state index in [0.717, 1.165) is 42.0 Å². The number of rotatable bonds is 4. The molecule has 0 saturated carbocycles. The molecule has 1 aromatic heterocycles. The topological polar surface area (TPSA) is 33.1 Å². The van der Waals surface area contributed by atoms with Crippen LogP contribution in [0.3, 0.4) is 0 Å². The van der Waals surface area contributed by atoms with Crippen LogP contribution in [0.2, 0.25) is 0 Å². The lowest BCUT2D eigenvalue weighted by molar-refractivity contribution is 0.529. The quantitative estimate of drug-likeness (QED) is 0.942. The second-order valence-electron chi connectivity index (χ2n) is 6.19. The number of nitrogens with one attached hydrogen (secondary N) is 1. The fourth-order valence-corrected chi connectivity index (χ4v) is 3.50. The van der Waals surface area contributed by atoms with Crippen LogP contribution in [0.25, 0.3) is 0 Å². The summed E-state index contributed by atoms with van der Waals surface area (Å²) in [6, 6.07) is 5.61. The normalized spacial score (nSPS) is 16.9. The van der Waals surface area contributed by atoms with Crippen LogP contribution in [0, 0.1) is 12.7 Å². The third-order valence-electron chi connectivity index (χ3n) is 4.48. The van der Waals surface area contributed by atoms with Crippen molar-refractivity contribution in [1.82, 2.24) is 15.1 Å². The minimum Gasteiger partial charge on any atom is -0.363 e. The lowest BCUT2D eigenvalue weighted by atomic mass is 10.1. The molecular weight excluding hydrogens is 279 g/mol. The first-order valence-corrected chi connectivity index (χ1v) is 7.69. The molecule has 0 aliphatic heterocycles. The van der Waals surface area contributed by atoms with Gasteiger partial charge in [0.1, 0.15) is 11.6 Å². The Hall–Kier alpha value is -1.88. The first kappa shape index (κ1) is 15.0. The van der Waals surface area contributed by atoms with Crippen LogP contribution in [0.5, 0.6) is 0 Å². The second kappa shape index (κ2) is 5.72. The summed E-state index contributed by atoms with van der Waals surface area (Å²) in [6.07, 6.45) is 1.76. The van der Waals surface area contributed by atoms with Gasteiger partial charge in [-0.3, -0.25) is 4.68 Å². The van der Waals surface area contributed by atoms with E-state index < -0.39 is 0 Å². The highest BCUT2D eigenvalue weighted by molar-refractivity contribution is 5.49. The number of halogens is 1. The molecule has 1 aromatic carbocycles. The van der Waals surface area contributed by atoms with Crippen LogP contribution in [-0.4, -0.2) is 23.9 Å². The van der Waals surface area contributed by atoms with Gasteiger partial charge in [-0.2, -0.15) is 5.10 Å². The van der Waals surface area contributed by atoms with Crippen molar-refractivity contribution in [1.29, 1.82) is 0 Å². The van der Waals surface area contributed by atoms with Crippen LogP contribution in [0.4, 0.5) is 10.2 Å². The molecule has 1 aliphatic carbocycles. The van der Waals surface area contributed by atoms with Crippen molar-refractivity contribution in [3.63, 3.8) is 0 Å². The molecule has 0 saturated heterocycles. The summed E-state index contributed by atoms with van der Waals surface area (Å²) in [5, 5.41) is 8.09. The number of anilines is 1. The fraction of sp³-hybridized carbons (Fsp3) is 0.471. The minimum atomic E-state index is -0.0756. The number of aryl methyl sites for hydroxylation is 2. The van der Waals surface area contributed by atoms with Crippen molar-refractivity contribution in [2.24, 2.45) is 7.05 Å². The van der Waals surface area contributed by atoms with E-state index >= 15 is 0 Å². The van der Waals surface area contributed by atoms with Gasteiger partial charge in [-0.25, -0.2) is 4.39 Å². The molecule has 0 amide bonds. The molecule has 2 aromatic rings. The van der Waals surface area contributed by atoms with Crippen molar-refractivity contribution in [2.45, 2.75) is 32.4 Å². The molecule has 0 fully saturated rings. The molecule has 4 nitrogen and oxygen atoms in total. The summed E-state index contributed by atoms with van der Waals surface area (Å²) < 4.78 is 15.7. The van der Waals surface area contributed by atoms with Crippen LogP contribution in [0.15, 0.2) is 18.2 Å². The summed E-state index contributed by atoms with van der Waals surface area (Å²) >= 11 is 0. The Bertz CT molecular complexity index is 690. The number of aromatic nitrogens is 2. The van der Waals surface area contributed by atoms with Crippen LogP contribution in [-0.2, 0) is 20.0 Å². The van der Waals surface area contributed by atoms with Gasteiger partial charge in [0.15, 0.2) is 0 Å². The van der Waals surface area contributed by atoms with Gasteiger partial charge >= 0.3 is 0 Å². The maximum absolute atomic E-state index is 13.8. The molecule has 1 atom stereocenters. The molecule has 0 bridgehead atoms. The Morgan fingerprint density at radius 1 is 1.41 bits per heavy atom. The maximum atomic E-state index is 13.8. The Morgan fingerprint density at radius 3 is 2.91 bits per heavy atom. The summed E-state index contributed by atoms with van der Waals surface area (Å²) in [5.74, 6) is 1.04. The van der Waals surface area contributed by atoms with E-state index in [4.69, 9.17) is 0 Å². The van der Waals surface area contributed by atoms with Gasteiger partial charge in [-0.05, 0) is 37.0 Å². The predicted octanol–water partition coefficient (Wildman–Crippen LogP) is 2.71. The van der Waals surface area contributed by atoms with E-state index in [9.17, 15) is 4.39 Å². The average Bonchev–Trinajstić information content (AvgIpc) is 2.98. The van der Waals surface area contributed by atoms with E-state index in [1.807, 2.05) is 38.8 Å². The third-order valence-corrected chi connectivity index (χ3v) is 4.48. The zero-order valence-corrected chi connectivity index (χ0v) is 13.7.